The molecule has 1 aliphatic carbocycles. The Bertz CT molecular complexity index is 372. The Morgan fingerprint density at radius 3 is 2.85 bits per heavy atom. The van der Waals surface area contributed by atoms with Gasteiger partial charge in [-0.1, -0.05) is 24.3 Å². The lowest BCUT2D eigenvalue weighted by atomic mass is 9.96. The van der Waals surface area contributed by atoms with E-state index in [0.717, 1.165) is 18.7 Å². The van der Waals surface area contributed by atoms with E-state index in [0.29, 0.717) is 11.7 Å². The first-order valence-corrected chi connectivity index (χ1v) is 4.72. The molecule has 1 aromatic rings. The van der Waals surface area contributed by atoms with Crippen molar-refractivity contribution in [2.45, 2.75) is 5.92 Å². The van der Waals surface area contributed by atoms with Crippen LogP contribution in [0.25, 0.3) is 0 Å². The van der Waals surface area contributed by atoms with Gasteiger partial charge in [-0.05, 0) is 5.56 Å². The average molecular weight is 173 g/mol. The Labute approximate surface area is 77.0 Å². The molecule has 2 atom stereocenters. The summed E-state index contributed by atoms with van der Waals surface area (Å²) in [6.45, 7) is 1.82. The minimum Gasteiger partial charge on any atom is -0.315 e. The van der Waals surface area contributed by atoms with Gasteiger partial charge in [0.05, 0.1) is 0 Å². The second-order valence-electron chi connectivity index (χ2n) is 3.82. The number of carbonyl (C=O) groups excluding carboxylic acids is 1. The largest absolute Gasteiger partial charge is 0.315 e. The summed E-state index contributed by atoms with van der Waals surface area (Å²) < 4.78 is 0. The maximum atomic E-state index is 11.8. The molecule has 13 heavy (non-hydrogen) atoms. The second-order valence-corrected chi connectivity index (χ2v) is 3.82. The van der Waals surface area contributed by atoms with Crippen LogP contribution in [0.3, 0.4) is 0 Å². The van der Waals surface area contributed by atoms with Crippen LogP contribution < -0.4 is 5.32 Å². The molecule has 1 saturated heterocycles. The summed E-state index contributed by atoms with van der Waals surface area (Å²) in [5.74, 6) is 1.01. The summed E-state index contributed by atoms with van der Waals surface area (Å²) in [4.78, 5) is 11.8. The van der Waals surface area contributed by atoms with Crippen LogP contribution in [0, 0.1) is 5.92 Å². The van der Waals surface area contributed by atoms with Crippen LogP contribution in [0.15, 0.2) is 24.3 Å². The molecule has 0 radical (unpaired) electrons. The fraction of sp³-hybridized carbons (Fsp3) is 0.364. The molecular weight excluding hydrogens is 162 g/mol. The number of nitrogens with one attached hydrogen (secondary N) is 1. The summed E-state index contributed by atoms with van der Waals surface area (Å²) in [5.41, 5.74) is 2.21. The second kappa shape index (κ2) is 2.42. The van der Waals surface area contributed by atoms with Gasteiger partial charge in [-0.3, -0.25) is 4.79 Å². The van der Waals surface area contributed by atoms with Crippen molar-refractivity contribution in [3.63, 3.8) is 0 Å². The van der Waals surface area contributed by atoms with E-state index in [1.54, 1.807) is 0 Å². The standard InChI is InChI=1S/C11H11NO/c13-11-8-4-2-1-3-7(8)9-5-12-6-10(9)11/h1-4,9-10,12H,5-6H2/t9-,10-/m0/s1. The van der Waals surface area contributed by atoms with E-state index in [2.05, 4.69) is 11.4 Å². The van der Waals surface area contributed by atoms with Crippen molar-refractivity contribution in [2.75, 3.05) is 13.1 Å². The van der Waals surface area contributed by atoms with Crippen LogP contribution in [0.2, 0.25) is 0 Å². The maximum Gasteiger partial charge on any atom is 0.168 e. The molecule has 2 aliphatic rings. The highest BCUT2D eigenvalue weighted by Gasteiger charge is 2.41. The monoisotopic (exact) mass is 173 g/mol. The van der Waals surface area contributed by atoms with E-state index < -0.39 is 0 Å². The molecule has 0 aromatic heterocycles. The quantitative estimate of drug-likeness (QED) is 0.638. The fourth-order valence-electron chi connectivity index (χ4n) is 2.53. The first kappa shape index (κ1) is 7.27. The predicted octanol–water partition coefficient (Wildman–Crippen LogP) is 1.19. The van der Waals surface area contributed by atoms with Gasteiger partial charge in [-0.15, -0.1) is 0 Å². The SMILES string of the molecule is O=C1c2ccccc2[C@@H]2CNC[C@H]12. The zero-order chi connectivity index (χ0) is 8.84. The van der Waals surface area contributed by atoms with E-state index in [1.807, 2.05) is 18.2 Å². The number of Topliss-reactive ketones (excluding diaryl/α,β-unsaturated/α-hetero) is 1. The van der Waals surface area contributed by atoms with Crippen LogP contribution in [-0.2, 0) is 0 Å². The van der Waals surface area contributed by atoms with E-state index >= 15 is 0 Å². The fourth-order valence-corrected chi connectivity index (χ4v) is 2.53. The van der Waals surface area contributed by atoms with Crippen LogP contribution in [-0.4, -0.2) is 18.9 Å². The van der Waals surface area contributed by atoms with Crippen molar-refractivity contribution >= 4 is 5.78 Å². The Balaban J connectivity index is 2.19. The van der Waals surface area contributed by atoms with E-state index in [1.165, 1.54) is 5.56 Å². The summed E-state index contributed by atoms with van der Waals surface area (Å²) in [6, 6.07) is 8.01. The van der Waals surface area contributed by atoms with Gasteiger partial charge in [0.15, 0.2) is 5.78 Å². The maximum absolute atomic E-state index is 11.8. The minimum atomic E-state index is 0.220. The Kier molecular flexibility index (Phi) is 1.35. The third-order valence-corrected chi connectivity index (χ3v) is 3.18. The molecule has 0 saturated carbocycles. The number of hydrogen-bond acceptors (Lipinski definition) is 2. The van der Waals surface area contributed by atoms with Crippen LogP contribution in [0.4, 0.5) is 0 Å². The number of fused-ring (bicyclic) bond motifs is 3. The van der Waals surface area contributed by atoms with Gasteiger partial charge >= 0.3 is 0 Å². The molecule has 2 heteroatoms. The topological polar surface area (TPSA) is 29.1 Å². The normalized spacial score (nSPS) is 30.3. The zero-order valence-corrected chi connectivity index (χ0v) is 7.29. The van der Waals surface area contributed by atoms with Crippen LogP contribution >= 0.6 is 0 Å². The lowest BCUT2D eigenvalue weighted by Crippen LogP contribution is -2.15. The molecule has 1 N–H and O–H groups in total. The van der Waals surface area contributed by atoms with Gasteiger partial charge in [-0.2, -0.15) is 0 Å². The Hall–Kier alpha value is -1.15. The lowest BCUT2D eigenvalue weighted by molar-refractivity contribution is 0.0940. The Morgan fingerprint density at radius 1 is 1.15 bits per heavy atom. The molecule has 0 spiro atoms. The molecule has 66 valence electrons. The summed E-state index contributed by atoms with van der Waals surface area (Å²) in [7, 11) is 0. The first-order valence-electron chi connectivity index (χ1n) is 4.72. The van der Waals surface area contributed by atoms with Crippen molar-refractivity contribution in [1.82, 2.24) is 5.32 Å². The molecule has 1 heterocycles. The van der Waals surface area contributed by atoms with Gasteiger partial charge in [0, 0.05) is 30.5 Å². The molecule has 0 bridgehead atoms. The third-order valence-electron chi connectivity index (χ3n) is 3.18. The number of rotatable bonds is 0. The van der Waals surface area contributed by atoms with Gasteiger partial charge < -0.3 is 5.32 Å². The molecule has 1 fully saturated rings. The third kappa shape index (κ3) is 0.838. The molecule has 1 aliphatic heterocycles. The van der Waals surface area contributed by atoms with E-state index in [9.17, 15) is 4.79 Å². The molecule has 0 amide bonds. The summed E-state index contributed by atoms with van der Waals surface area (Å²) in [5, 5.41) is 3.27. The summed E-state index contributed by atoms with van der Waals surface area (Å²) in [6.07, 6.45) is 0. The highest BCUT2D eigenvalue weighted by molar-refractivity contribution is 6.03. The number of ketones is 1. The molecule has 3 rings (SSSR count). The highest BCUT2D eigenvalue weighted by atomic mass is 16.1. The first-order chi connectivity index (χ1) is 6.38. The van der Waals surface area contributed by atoms with Crippen molar-refractivity contribution in [1.29, 1.82) is 0 Å². The number of carbonyl (C=O) groups is 1. The predicted molar refractivity (Wildman–Crippen MR) is 49.9 cm³/mol. The number of hydrogen-bond donors (Lipinski definition) is 1. The molecule has 2 nitrogen and oxygen atoms in total. The van der Waals surface area contributed by atoms with Gasteiger partial charge in [0.1, 0.15) is 0 Å². The van der Waals surface area contributed by atoms with Crippen molar-refractivity contribution in [3.05, 3.63) is 35.4 Å². The average Bonchev–Trinajstić information content (AvgIpc) is 2.72. The molecule has 0 unspecified atom stereocenters. The number of benzene rings is 1. The Morgan fingerprint density at radius 2 is 1.92 bits per heavy atom. The summed E-state index contributed by atoms with van der Waals surface area (Å²) >= 11 is 0. The molecular formula is C11H11NO. The van der Waals surface area contributed by atoms with Crippen molar-refractivity contribution in [2.24, 2.45) is 5.92 Å². The van der Waals surface area contributed by atoms with Gasteiger partial charge in [0.2, 0.25) is 0 Å². The van der Waals surface area contributed by atoms with Crippen LogP contribution in [0.1, 0.15) is 21.8 Å². The van der Waals surface area contributed by atoms with Crippen molar-refractivity contribution < 1.29 is 4.79 Å². The van der Waals surface area contributed by atoms with E-state index in [-0.39, 0.29) is 5.92 Å². The van der Waals surface area contributed by atoms with Gasteiger partial charge in [0.25, 0.3) is 0 Å². The van der Waals surface area contributed by atoms with Crippen molar-refractivity contribution in [3.8, 4) is 0 Å². The zero-order valence-electron chi connectivity index (χ0n) is 7.29. The smallest absolute Gasteiger partial charge is 0.168 e. The van der Waals surface area contributed by atoms with Gasteiger partial charge in [-0.25, -0.2) is 0 Å². The lowest BCUT2D eigenvalue weighted by Gasteiger charge is -2.05. The van der Waals surface area contributed by atoms with Crippen LogP contribution in [0.5, 0.6) is 0 Å². The van der Waals surface area contributed by atoms with E-state index in [4.69, 9.17) is 0 Å². The molecule has 1 aromatic carbocycles. The minimum absolute atomic E-state index is 0.220. The highest BCUT2D eigenvalue weighted by Crippen LogP contribution is 2.39.